The summed E-state index contributed by atoms with van der Waals surface area (Å²) in [6, 6.07) is 0.606. The zero-order valence-corrected chi connectivity index (χ0v) is 10.7. The molecule has 4 nitrogen and oxygen atoms in total. The molecule has 1 aliphatic heterocycles. The summed E-state index contributed by atoms with van der Waals surface area (Å²) in [7, 11) is 0. The molecule has 4 heteroatoms. The smallest absolute Gasteiger partial charge is 0.0997 e. The van der Waals surface area contributed by atoms with Gasteiger partial charge in [-0.25, -0.2) is 4.68 Å². The molecule has 1 aliphatic carbocycles. The standard InChI is InChI=1S/C13H22N4/c1-10-3-2-4-11(6-5-10)17-13-7-8-14-9-12(13)15-16-17/h10-11,14H,2-9H2,1H3. The number of nitrogens with zero attached hydrogens (tertiary/aromatic N) is 3. The van der Waals surface area contributed by atoms with Gasteiger partial charge in [0.2, 0.25) is 0 Å². The first-order valence-electron chi connectivity index (χ1n) is 6.98. The summed E-state index contributed by atoms with van der Waals surface area (Å²) < 4.78 is 2.24. The monoisotopic (exact) mass is 234 g/mol. The molecule has 0 aromatic carbocycles. The number of fused-ring (bicyclic) bond motifs is 1. The van der Waals surface area contributed by atoms with Crippen LogP contribution in [0.5, 0.6) is 0 Å². The lowest BCUT2D eigenvalue weighted by molar-refractivity contribution is 0.377. The number of hydrogen-bond acceptors (Lipinski definition) is 3. The van der Waals surface area contributed by atoms with Gasteiger partial charge in [-0.1, -0.05) is 25.0 Å². The summed E-state index contributed by atoms with van der Waals surface area (Å²) in [5.74, 6) is 0.890. The lowest BCUT2D eigenvalue weighted by Crippen LogP contribution is -2.26. The molecule has 1 N–H and O–H groups in total. The van der Waals surface area contributed by atoms with Crippen molar-refractivity contribution in [3.05, 3.63) is 11.4 Å². The molecular weight excluding hydrogens is 212 g/mol. The molecule has 2 unspecified atom stereocenters. The minimum Gasteiger partial charge on any atom is -0.311 e. The van der Waals surface area contributed by atoms with Crippen molar-refractivity contribution in [3.8, 4) is 0 Å². The van der Waals surface area contributed by atoms with Crippen molar-refractivity contribution >= 4 is 0 Å². The van der Waals surface area contributed by atoms with E-state index in [9.17, 15) is 0 Å². The van der Waals surface area contributed by atoms with Crippen LogP contribution in [0.1, 0.15) is 56.5 Å². The Morgan fingerprint density at radius 1 is 1.24 bits per heavy atom. The van der Waals surface area contributed by atoms with E-state index in [1.54, 1.807) is 0 Å². The van der Waals surface area contributed by atoms with Crippen molar-refractivity contribution < 1.29 is 0 Å². The zero-order chi connectivity index (χ0) is 11.7. The van der Waals surface area contributed by atoms with Crippen molar-refractivity contribution in [1.29, 1.82) is 0 Å². The molecule has 1 saturated carbocycles. The third-order valence-corrected chi connectivity index (χ3v) is 4.28. The summed E-state index contributed by atoms with van der Waals surface area (Å²) >= 11 is 0. The predicted octanol–water partition coefficient (Wildman–Crippen LogP) is 2.07. The first kappa shape index (κ1) is 11.2. The zero-order valence-electron chi connectivity index (χ0n) is 10.7. The summed E-state index contributed by atoms with van der Waals surface area (Å²) in [5, 5.41) is 12.1. The van der Waals surface area contributed by atoms with Gasteiger partial charge in [-0.05, 0) is 25.2 Å². The third kappa shape index (κ3) is 2.23. The maximum atomic E-state index is 4.41. The Hall–Kier alpha value is -0.900. The summed E-state index contributed by atoms with van der Waals surface area (Å²) in [6.45, 7) is 4.35. The van der Waals surface area contributed by atoms with Gasteiger partial charge in [0.25, 0.3) is 0 Å². The molecule has 0 saturated heterocycles. The van der Waals surface area contributed by atoms with E-state index < -0.39 is 0 Å². The fourth-order valence-electron chi connectivity index (χ4n) is 3.16. The highest BCUT2D eigenvalue weighted by Crippen LogP contribution is 2.31. The van der Waals surface area contributed by atoms with Crippen molar-refractivity contribution in [1.82, 2.24) is 20.3 Å². The number of hydrogen-bond donors (Lipinski definition) is 1. The van der Waals surface area contributed by atoms with Crippen LogP contribution < -0.4 is 5.32 Å². The van der Waals surface area contributed by atoms with Crippen LogP contribution >= 0.6 is 0 Å². The molecule has 3 rings (SSSR count). The number of aromatic nitrogens is 3. The van der Waals surface area contributed by atoms with E-state index in [1.165, 1.54) is 43.5 Å². The molecule has 1 aromatic rings. The van der Waals surface area contributed by atoms with Crippen LogP contribution in [0.2, 0.25) is 0 Å². The van der Waals surface area contributed by atoms with Gasteiger partial charge in [0.1, 0.15) is 0 Å². The van der Waals surface area contributed by atoms with Crippen LogP contribution in [-0.4, -0.2) is 21.5 Å². The van der Waals surface area contributed by atoms with E-state index in [0.717, 1.165) is 25.4 Å². The first-order chi connectivity index (χ1) is 8.34. The van der Waals surface area contributed by atoms with E-state index in [0.29, 0.717) is 6.04 Å². The first-order valence-corrected chi connectivity index (χ1v) is 6.98. The molecule has 94 valence electrons. The summed E-state index contributed by atoms with van der Waals surface area (Å²) in [6.07, 6.45) is 7.73. The molecule has 1 aromatic heterocycles. The molecule has 0 bridgehead atoms. The summed E-state index contributed by atoms with van der Waals surface area (Å²) in [4.78, 5) is 0. The normalized spacial score (nSPS) is 29.7. The van der Waals surface area contributed by atoms with Crippen LogP contribution in [0.3, 0.4) is 0 Å². The maximum Gasteiger partial charge on any atom is 0.0997 e. The molecule has 0 spiro atoms. The molecule has 17 heavy (non-hydrogen) atoms. The second kappa shape index (κ2) is 4.77. The van der Waals surface area contributed by atoms with Crippen molar-refractivity contribution in [2.75, 3.05) is 6.54 Å². The highest BCUT2D eigenvalue weighted by atomic mass is 15.4. The highest BCUT2D eigenvalue weighted by Gasteiger charge is 2.24. The topological polar surface area (TPSA) is 42.7 Å². The van der Waals surface area contributed by atoms with Crippen molar-refractivity contribution in [2.45, 2.75) is 58.0 Å². The van der Waals surface area contributed by atoms with Gasteiger partial charge < -0.3 is 5.32 Å². The van der Waals surface area contributed by atoms with Crippen molar-refractivity contribution in [3.63, 3.8) is 0 Å². The molecule has 0 radical (unpaired) electrons. The van der Waals surface area contributed by atoms with Gasteiger partial charge in [0.05, 0.1) is 17.4 Å². The van der Waals surface area contributed by atoms with Crippen LogP contribution in [0.4, 0.5) is 0 Å². The Labute approximate surface area is 103 Å². The van der Waals surface area contributed by atoms with E-state index >= 15 is 0 Å². The Bertz CT molecular complexity index is 385. The predicted molar refractivity (Wildman–Crippen MR) is 66.7 cm³/mol. The lowest BCUT2D eigenvalue weighted by atomic mass is 10.0. The number of rotatable bonds is 1. The van der Waals surface area contributed by atoms with Crippen molar-refractivity contribution in [2.24, 2.45) is 5.92 Å². The SMILES string of the molecule is CC1CCCC(n2nnc3c2CCNC3)CC1. The van der Waals surface area contributed by atoms with Crippen LogP contribution in [0, 0.1) is 5.92 Å². The third-order valence-electron chi connectivity index (χ3n) is 4.28. The molecule has 1 fully saturated rings. The fourth-order valence-corrected chi connectivity index (χ4v) is 3.16. The number of nitrogens with one attached hydrogen (secondary N) is 1. The second-order valence-corrected chi connectivity index (χ2v) is 5.62. The van der Waals surface area contributed by atoms with Gasteiger partial charge in [0.15, 0.2) is 0 Å². The van der Waals surface area contributed by atoms with Gasteiger partial charge in [-0.3, -0.25) is 0 Å². The van der Waals surface area contributed by atoms with E-state index in [2.05, 4.69) is 27.2 Å². The minimum absolute atomic E-state index is 0.606. The lowest BCUT2D eigenvalue weighted by Gasteiger charge is -2.19. The molecular formula is C13H22N4. The van der Waals surface area contributed by atoms with Gasteiger partial charge >= 0.3 is 0 Å². The van der Waals surface area contributed by atoms with Crippen LogP contribution in [0.15, 0.2) is 0 Å². The Morgan fingerprint density at radius 2 is 2.18 bits per heavy atom. The average Bonchev–Trinajstić information content (AvgIpc) is 2.66. The maximum absolute atomic E-state index is 4.41. The highest BCUT2D eigenvalue weighted by molar-refractivity contribution is 5.14. The van der Waals surface area contributed by atoms with E-state index in [4.69, 9.17) is 0 Å². The second-order valence-electron chi connectivity index (χ2n) is 5.62. The van der Waals surface area contributed by atoms with E-state index in [-0.39, 0.29) is 0 Å². The molecule has 0 amide bonds. The average molecular weight is 234 g/mol. The fraction of sp³-hybridized carbons (Fsp3) is 0.846. The van der Waals surface area contributed by atoms with E-state index in [1.807, 2.05) is 0 Å². The molecule has 2 aliphatic rings. The largest absolute Gasteiger partial charge is 0.311 e. The van der Waals surface area contributed by atoms with Gasteiger partial charge in [0, 0.05) is 19.5 Å². The molecule has 2 heterocycles. The Kier molecular flexibility index (Phi) is 3.14. The quantitative estimate of drug-likeness (QED) is 0.756. The summed E-state index contributed by atoms with van der Waals surface area (Å²) in [5.41, 5.74) is 2.57. The Morgan fingerprint density at radius 3 is 3.12 bits per heavy atom. The van der Waals surface area contributed by atoms with Crippen LogP contribution in [-0.2, 0) is 13.0 Å². The Balaban J connectivity index is 1.81. The van der Waals surface area contributed by atoms with Gasteiger partial charge in [-0.15, -0.1) is 5.10 Å². The molecule has 2 atom stereocenters. The van der Waals surface area contributed by atoms with Gasteiger partial charge in [-0.2, -0.15) is 0 Å². The van der Waals surface area contributed by atoms with Crippen LogP contribution in [0.25, 0.3) is 0 Å². The minimum atomic E-state index is 0.606.